The average Bonchev–Trinajstić information content (AvgIpc) is 2.73. The maximum atomic E-state index is 13.1. The summed E-state index contributed by atoms with van der Waals surface area (Å²) in [5, 5.41) is 3.94. The van der Waals surface area contributed by atoms with Crippen LogP contribution in [0.25, 0.3) is 0 Å². The van der Waals surface area contributed by atoms with Crippen LogP contribution in [-0.4, -0.2) is 73.7 Å². The summed E-state index contributed by atoms with van der Waals surface area (Å²) in [5.74, 6) is 0.868. The van der Waals surface area contributed by atoms with E-state index >= 15 is 0 Å². The molecule has 0 aliphatic carbocycles. The van der Waals surface area contributed by atoms with Crippen LogP contribution in [0.3, 0.4) is 0 Å². The zero-order chi connectivity index (χ0) is 20.9. The normalized spacial score (nSPS) is 21.3. The van der Waals surface area contributed by atoms with Crippen molar-refractivity contribution in [3.05, 3.63) is 34.9 Å². The van der Waals surface area contributed by atoms with Gasteiger partial charge in [0.05, 0.1) is 6.04 Å². The molecule has 0 bridgehead atoms. The van der Waals surface area contributed by atoms with Gasteiger partial charge in [-0.05, 0) is 56.3 Å². The van der Waals surface area contributed by atoms with Crippen LogP contribution in [0.1, 0.15) is 38.7 Å². The Morgan fingerprint density at radius 1 is 1.14 bits per heavy atom. The van der Waals surface area contributed by atoms with Crippen molar-refractivity contribution in [1.29, 1.82) is 0 Å². The lowest BCUT2D eigenvalue weighted by molar-refractivity contribution is -0.137. The van der Waals surface area contributed by atoms with Crippen LogP contribution >= 0.6 is 11.6 Å². The minimum Gasteiger partial charge on any atom is -0.381 e. The third kappa shape index (κ3) is 5.72. The second-order valence-electron chi connectivity index (χ2n) is 8.92. The number of amides is 1. The summed E-state index contributed by atoms with van der Waals surface area (Å²) in [4.78, 5) is 17.8. The lowest BCUT2D eigenvalue weighted by atomic mass is 9.80. The second-order valence-corrected chi connectivity index (χ2v) is 9.36. The summed E-state index contributed by atoms with van der Waals surface area (Å²) >= 11 is 5.98. The van der Waals surface area contributed by atoms with Gasteiger partial charge < -0.3 is 15.0 Å². The maximum Gasteiger partial charge on any atom is 0.240 e. The quantitative estimate of drug-likeness (QED) is 0.734. The first kappa shape index (κ1) is 22.5. The van der Waals surface area contributed by atoms with Gasteiger partial charge in [-0.2, -0.15) is 0 Å². The highest BCUT2D eigenvalue weighted by Gasteiger charge is 2.40. The third-order valence-corrected chi connectivity index (χ3v) is 6.73. The summed E-state index contributed by atoms with van der Waals surface area (Å²) in [6, 6.07) is 7.57. The van der Waals surface area contributed by atoms with E-state index in [-0.39, 0.29) is 17.5 Å². The van der Waals surface area contributed by atoms with Gasteiger partial charge in [-0.1, -0.05) is 37.6 Å². The first-order chi connectivity index (χ1) is 13.9. The SMILES string of the molecule is CN[C@H](Cc1ccc(Cl)cc1)C(=O)N1CCN(C2(CC(C)C)CCOCC2)CC1. The molecule has 2 heterocycles. The topological polar surface area (TPSA) is 44.8 Å². The molecule has 29 heavy (non-hydrogen) atoms. The van der Waals surface area contributed by atoms with Gasteiger partial charge in [0.25, 0.3) is 0 Å². The number of hydrogen-bond acceptors (Lipinski definition) is 4. The van der Waals surface area contributed by atoms with Gasteiger partial charge >= 0.3 is 0 Å². The Bertz CT molecular complexity index is 651. The summed E-state index contributed by atoms with van der Waals surface area (Å²) in [6.07, 6.45) is 4.10. The van der Waals surface area contributed by atoms with Gasteiger partial charge in [-0.25, -0.2) is 0 Å². The molecule has 0 unspecified atom stereocenters. The Hall–Kier alpha value is -1.14. The number of halogens is 1. The largest absolute Gasteiger partial charge is 0.381 e. The van der Waals surface area contributed by atoms with Crippen LogP contribution in [0.2, 0.25) is 5.02 Å². The Labute approximate surface area is 180 Å². The molecule has 2 fully saturated rings. The molecule has 5 nitrogen and oxygen atoms in total. The molecule has 1 aromatic carbocycles. The predicted molar refractivity (Wildman–Crippen MR) is 118 cm³/mol. The smallest absolute Gasteiger partial charge is 0.240 e. The lowest BCUT2D eigenvalue weighted by Crippen LogP contribution is -2.61. The standard InChI is InChI=1S/C23H36ClN3O2/c1-18(2)17-23(8-14-29-15-9-23)27-12-10-26(11-13-27)22(28)21(25-3)16-19-4-6-20(24)7-5-19/h4-7,18,21,25H,8-17H2,1-3H3/t21-/m1/s1. The molecule has 1 aromatic rings. The van der Waals surface area contributed by atoms with E-state index in [0.29, 0.717) is 12.3 Å². The van der Waals surface area contributed by atoms with Crippen LogP contribution in [0.15, 0.2) is 24.3 Å². The van der Waals surface area contributed by atoms with Crippen molar-refractivity contribution in [2.75, 3.05) is 46.4 Å². The van der Waals surface area contributed by atoms with Crippen LogP contribution in [0.5, 0.6) is 0 Å². The van der Waals surface area contributed by atoms with Crippen molar-refractivity contribution in [3.8, 4) is 0 Å². The molecular weight excluding hydrogens is 386 g/mol. The highest BCUT2D eigenvalue weighted by molar-refractivity contribution is 6.30. The van der Waals surface area contributed by atoms with Gasteiger partial charge in [0.1, 0.15) is 0 Å². The molecular formula is C23H36ClN3O2. The molecule has 0 aromatic heterocycles. The van der Waals surface area contributed by atoms with E-state index in [1.165, 1.54) is 6.42 Å². The fourth-order valence-corrected chi connectivity index (χ4v) is 5.08. The number of hydrogen-bond donors (Lipinski definition) is 1. The van der Waals surface area contributed by atoms with Crippen molar-refractivity contribution in [2.24, 2.45) is 5.92 Å². The van der Waals surface area contributed by atoms with Crippen molar-refractivity contribution >= 4 is 17.5 Å². The zero-order valence-corrected chi connectivity index (χ0v) is 18.9. The van der Waals surface area contributed by atoms with Crippen LogP contribution in [-0.2, 0) is 16.0 Å². The number of carbonyl (C=O) groups excluding carboxylic acids is 1. The highest BCUT2D eigenvalue weighted by atomic mass is 35.5. The first-order valence-corrected chi connectivity index (χ1v) is 11.3. The molecule has 3 rings (SSSR count). The fraction of sp³-hybridized carbons (Fsp3) is 0.696. The molecule has 2 aliphatic heterocycles. The van der Waals surface area contributed by atoms with Gasteiger partial charge in [0, 0.05) is 50.0 Å². The summed E-state index contributed by atoms with van der Waals surface area (Å²) in [7, 11) is 1.87. The number of nitrogens with one attached hydrogen (secondary N) is 1. The van der Waals surface area contributed by atoms with E-state index in [9.17, 15) is 4.79 Å². The molecule has 1 N–H and O–H groups in total. The van der Waals surface area contributed by atoms with Crippen LogP contribution in [0, 0.1) is 5.92 Å². The Kier molecular flexibility index (Phi) is 7.97. The van der Waals surface area contributed by atoms with Crippen molar-refractivity contribution < 1.29 is 9.53 Å². The predicted octanol–water partition coefficient (Wildman–Crippen LogP) is 3.21. The number of benzene rings is 1. The first-order valence-electron chi connectivity index (χ1n) is 11.0. The van der Waals surface area contributed by atoms with E-state index < -0.39 is 0 Å². The van der Waals surface area contributed by atoms with Gasteiger partial charge in [-0.3, -0.25) is 9.69 Å². The minimum absolute atomic E-state index is 0.199. The molecule has 1 atom stereocenters. The summed E-state index contributed by atoms with van der Waals surface area (Å²) in [5.41, 5.74) is 1.37. The average molecular weight is 422 g/mol. The molecule has 0 saturated carbocycles. The van der Waals surface area contributed by atoms with E-state index in [1.807, 2.05) is 36.2 Å². The van der Waals surface area contributed by atoms with Gasteiger partial charge in [0.2, 0.25) is 5.91 Å². The lowest BCUT2D eigenvalue weighted by Gasteiger charge is -2.50. The molecule has 162 valence electrons. The number of piperazine rings is 1. The molecule has 6 heteroatoms. The van der Waals surface area contributed by atoms with E-state index in [0.717, 1.165) is 62.8 Å². The van der Waals surface area contributed by atoms with Crippen molar-refractivity contribution in [3.63, 3.8) is 0 Å². The van der Waals surface area contributed by atoms with E-state index in [1.54, 1.807) is 0 Å². The molecule has 1 amide bonds. The Morgan fingerprint density at radius 2 is 1.76 bits per heavy atom. The summed E-state index contributed by atoms with van der Waals surface area (Å²) < 4.78 is 5.66. The summed E-state index contributed by atoms with van der Waals surface area (Å²) in [6.45, 7) is 9.85. The van der Waals surface area contributed by atoms with Crippen molar-refractivity contribution in [2.45, 2.75) is 51.1 Å². The second kappa shape index (κ2) is 10.3. The number of likely N-dealkylation sites (N-methyl/N-ethyl adjacent to an activating group) is 1. The minimum atomic E-state index is -0.199. The van der Waals surface area contributed by atoms with E-state index in [4.69, 9.17) is 16.3 Å². The number of ether oxygens (including phenoxy) is 1. The Balaban J connectivity index is 1.59. The number of carbonyl (C=O) groups is 1. The molecule has 2 aliphatic rings. The molecule has 0 spiro atoms. The van der Waals surface area contributed by atoms with E-state index in [2.05, 4.69) is 24.1 Å². The van der Waals surface area contributed by atoms with Crippen LogP contribution < -0.4 is 5.32 Å². The maximum absolute atomic E-state index is 13.1. The molecule has 0 radical (unpaired) electrons. The molecule has 2 saturated heterocycles. The fourth-order valence-electron chi connectivity index (χ4n) is 4.95. The van der Waals surface area contributed by atoms with Gasteiger partial charge in [0.15, 0.2) is 0 Å². The van der Waals surface area contributed by atoms with Gasteiger partial charge in [-0.15, -0.1) is 0 Å². The van der Waals surface area contributed by atoms with Crippen molar-refractivity contribution in [1.82, 2.24) is 15.1 Å². The number of rotatable bonds is 7. The monoisotopic (exact) mass is 421 g/mol. The van der Waals surface area contributed by atoms with Crippen LogP contribution in [0.4, 0.5) is 0 Å². The number of nitrogens with zero attached hydrogens (tertiary/aromatic N) is 2. The third-order valence-electron chi connectivity index (χ3n) is 6.47. The Morgan fingerprint density at radius 3 is 2.31 bits per heavy atom. The zero-order valence-electron chi connectivity index (χ0n) is 18.1. The highest BCUT2D eigenvalue weighted by Crippen LogP contribution is 2.35.